The molecular formula is C18H8N2O2S4. The van der Waals surface area contributed by atoms with Gasteiger partial charge in [0.15, 0.2) is 0 Å². The van der Waals surface area contributed by atoms with Gasteiger partial charge in [0.1, 0.15) is 9.34 Å². The van der Waals surface area contributed by atoms with Gasteiger partial charge in [-0.3, -0.25) is 9.59 Å². The number of carbonyl (C=O) groups excluding carboxylic acids is 2. The molecule has 0 fully saturated rings. The molecule has 2 unspecified atom stereocenters. The first-order chi connectivity index (χ1) is 12.7. The summed E-state index contributed by atoms with van der Waals surface area (Å²) in [5.74, 6) is -0.700. The van der Waals surface area contributed by atoms with Crippen LogP contribution in [0.1, 0.15) is 0 Å². The first-order valence-electron chi connectivity index (χ1n) is 7.88. The molecule has 4 aliphatic heterocycles. The van der Waals surface area contributed by atoms with E-state index in [1.807, 2.05) is 35.0 Å². The number of rotatable bonds is 3. The summed E-state index contributed by atoms with van der Waals surface area (Å²) in [5, 5.41) is 5.22. The van der Waals surface area contributed by atoms with E-state index in [1.165, 1.54) is 23.5 Å². The third-order valence-electron chi connectivity index (χ3n) is 4.56. The van der Waals surface area contributed by atoms with Gasteiger partial charge >= 0.3 is 0 Å². The Balaban J connectivity index is 1.28. The van der Waals surface area contributed by atoms with Gasteiger partial charge in [-0.1, -0.05) is 0 Å². The molecule has 4 aliphatic rings. The highest BCUT2D eigenvalue weighted by atomic mass is 32.2. The van der Waals surface area contributed by atoms with E-state index < -0.39 is 10.5 Å². The summed E-state index contributed by atoms with van der Waals surface area (Å²) in [4.78, 5) is 36.7. The van der Waals surface area contributed by atoms with E-state index in [0.29, 0.717) is 0 Å². The number of ketones is 2. The summed E-state index contributed by atoms with van der Waals surface area (Å²) in [7, 11) is 0. The van der Waals surface area contributed by atoms with Crippen molar-refractivity contribution in [3.63, 3.8) is 0 Å². The van der Waals surface area contributed by atoms with Crippen molar-refractivity contribution in [2.75, 3.05) is 0 Å². The van der Waals surface area contributed by atoms with E-state index in [1.54, 1.807) is 22.7 Å². The van der Waals surface area contributed by atoms with Crippen molar-refractivity contribution >= 4 is 67.6 Å². The van der Waals surface area contributed by atoms with Crippen LogP contribution in [0.15, 0.2) is 56.4 Å². The van der Waals surface area contributed by atoms with Gasteiger partial charge in [0.2, 0.25) is 11.6 Å². The Hall–Kier alpha value is -1.74. The molecule has 6 rings (SSSR count). The topological polar surface area (TPSA) is 58.9 Å². The van der Waals surface area contributed by atoms with Gasteiger partial charge in [0.25, 0.3) is 0 Å². The molecule has 0 radical (unpaired) electrons. The molecule has 0 saturated carbocycles. The quantitative estimate of drug-likeness (QED) is 0.710. The van der Waals surface area contributed by atoms with E-state index in [0.717, 1.165) is 41.0 Å². The fourth-order valence-corrected chi connectivity index (χ4v) is 7.43. The summed E-state index contributed by atoms with van der Waals surface area (Å²) in [6.45, 7) is 0. The van der Waals surface area contributed by atoms with E-state index in [-0.39, 0.29) is 11.6 Å². The van der Waals surface area contributed by atoms with E-state index in [4.69, 9.17) is 0 Å². The maximum atomic E-state index is 12.8. The average Bonchev–Trinajstić information content (AvgIpc) is 3.38. The maximum absolute atomic E-state index is 12.8. The van der Waals surface area contributed by atoms with Gasteiger partial charge < -0.3 is 0 Å². The number of thioether (sulfide) groups is 2. The van der Waals surface area contributed by atoms with Crippen molar-refractivity contribution in [3.8, 4) is 0 Å². The van der Waals surface area contributed by atoms with Gasteiger partial charge in [0.05, 0.1) is 21.9 Å². The van der Waals surface area contributed by atoms with Gasteiger partial charge in [-0.25, -0.2) is 9.98 Å². The maximum Gasteiger partial charge on any atom is 0.217 e. The van der Waals surface area contributed by atoms with Gasteiger partial charge in [-0.15, -0.1) is 46.2 Å². The van der Waals surface area contributed by atoms with Crippen LogP contribution < -0.4 is 19.8 Å². The minimum Gasteiger partial charge on any atom is -0.289 e. The van der Waals surface area contributed by atoms with Gasteiger partial charge in [-0.05, 0) is 35.0 Å². The lowest BCUT2D eigenvalue weighted by atomic mass is 10.1. The number of hydrogen-bond donors (Lipinski definition) is 0. The molecule has 2 atom stereocenters. The third kappa shape index (κ3) is 2.04. The Morgan fingerprint density at radius 2 is 1.23 bits per heavy atom. The molecule has 6 heterocycles. The highest BCUT2D eigenvalue weighted by Gasteiger charge is 2.39. The minimum atomic E-state index is -0.470. The number of hydrogen-bond acceptors (Lipinski definition) is 8. The predicted molar refractivity (Wildman–Crippen MR) is 106 cm³/mol. The number of fused-ring (bicyclic) bond motifs is 4. The number of carbonyl (C=O) groups is 2. The minimum absolute atomic E-state index is 0.350. The Morgan fingerprint density at radius 1 is 0.769 bits per heavy atom. The van der Waals surface area contributed by atoms with Crippen molar-refractivity contribution in [2.45, 2.75) is 10.5 Å². The van der Waals surface area contributed by atoms with Crippen LogP contribution >= 0.6 is 46.2 Å². The van der Waals surface area contributed by atoms with Crippen LogP contribution in [0.25, 0.3) is 9.81 Å². The molecule has 2 aromatic heterocycles. The zero-order chi connectivity index (χ0) is 17.4. The van der Waals surface area contributed by atoms with Crippen LogP contribution in [-0.4, -0.2) is 22.1 Å². The van der Waals surface area contributed by atoms with E-state index >= 15 is 0 Å². The summed E-state index contributed by atoms with van der Waals surface area (Å²) < 4.78 is 1.98. The van der Waals surface area contributed by atoms with E-state index in [2.05, 4.69) is 9.98 Å². The standard InChI is InChI=1S/C18H8N2O2S4/c21-13(11-5-9-15(25-11)7-1-3-23-17(7)19-9)14(22)12-6-10-16(26-12)8-2-4-24-18(8)20-10/h1-6,11-12H. The summed E-state index contributed by atoms with van der Waals surface area (Å²) in [6.07, 6.45) is 3.66. The second-order valence-electron chi connectivity index (χ2n) is 6.07. The van der Waals surface area contributed by atoms with Crippen LogP contribution in [0.4, 0.5) is 0 Å². The second kappa shape index (κ2) is 5.39. The van der Waals surface area contributed by atoms with Crippen molar-refractivity contribution in [1.29, 1.82) is 0 Å². The Morgan fingerprint density at radius 3 is 1.69 bits per heavy atom. The van der Waals surface area contributed by atoms with Crippen LogP contribution in [-0.2, 0) is 9.59 Å². The summed E-state index contributed by atoms with van der Waals surface area (Å²) in [5.41, 5.74) is 1.68. The van der Waals surface area contributed by atoms with Crippen LogP contribution in [0.3, 0.4) is 0 Å². The first-order valence-corrected chi connectivity index (χ1v) is 11.4. The van der Waals surface area contributed by atoms with Crippen LogP contribution in [0, 0.1) is 0 Å². The van der Waals surface area contributed by atoms with Crippen LogP contribution in [0.2, 0.25) is 0 Å². The van der Waals surface area contributed by atoms with Crippen molar-refractivity contribution < 1.29 is 9.59 Å². The predicted octanol–water partition coefficient (Wildman–Crippen LogP) is 1.13. The Bertz CT molecular complexity index is 1240. The fraction of sp³-hybridized carbons (Fsp3) is 0.111. The summed E-state index contributed by atoms with van der Waals surface area (Å²) in [6, 6.07) is 4.05. The third-order valence-corrected chi connectivity index (χ3v) is 8.71. The molecule has 126 valence electrons. The lowest BCUT2D eigenvalue weighted by molar-refractivity contribution is -0.135. The number of Topliss-reactive ketones (excluding diaryl/α,β-unsaturated/α-hetero) is 2. The zero-order valence-electron chi connectivity index (χ0n) is 13.0. The fourth-order valence-electron chi connectivity index (χ4n) is 3.34. The van der Waals surface area contributed by atoms with E-state index in [9.17, 15) is 9.59 Å². The van der Waals surface area contributed by atoms with Crippen molar-refractivity contribution in [2.24, 2.45) is 9.98 Å². The molecule has 0 spiro atoms. The molecular weight excluding hydrogens is 404 g/mol. The normalized spacial score (nSPS) is 24.3. The van der Waals surface area contributed by atoms with Crippen molar-refractivity contribution in [1.82, 2.24) is 0 Å². The molecule has 8 heteroatoms. The molecule has 2 aromatic rings. The van der Waals surface area contributed by atoms with Gasteiger partial charge in [-0.2, -0.15) is 0 Å². The lowest BCUT2D eigenvalue weighted by Gasteiger charge is -2.08. The molecule has 0 bridgehead atoms. The molecule has 0 N–H and O–H groups in total. The van der Waals surface area contributed by atoms with Gasteiger partial charge in [0, 0.05) is 20.2 Å². The SMILES string of the molecule is O=C(C(=O)C1C=C2N=c3sccc3=C2S1)C1C=C2N=c3sccc3=C2S1. The monoisotopic (exact) mass is 412 g/mol. The largest absolute Gasteiger partial charge is 0.289 e. The zero-order valence-corrected chi connectivity index (χ0v) is 16.2. The smallest absolute Gasteiger partial charge is 0.217 e. The molecule has 0 saturated heterocycles. The Kier molecular flexibility index (Phi) is 3.18. The van der Waals surface area contributed by atoms with Crippen LogP contribution in [0.5, 0.6) is 0 Å². The first kappa shape index (κ1) is 15.3. The molecule has 4 nitrogen and oxygen atoms in total. The lowest BCUT2D eigenvalue weighted by Crippen LogP contribution is -2.30. The average molecular weight is 413 g/mol. The number of thiophene rings is 2. The molecule has 0 aliphatic carbocycles. The molecule has 0 amide bonds. The molecule has 0 aromatic carbocycles. The Labute approximate surface area is 163 Å². The van der Waals surface area contributed by atoms with Crippen molar-refractivity contribution in [3.05, 3.63) is 66.2 Å². The highest BCUT2D eigenvalue weighted by molar-refractivity contribution is 8.10. The second-order valence-corrected chi connectivity index (χ2v) is 10.2. The highest BCUT2D eigenvalue weighted by Crippen LogP contribution is 2.42. The summed E-state index contributed by atoms with van der Waals surface area (Å²) >= 11 is 6.07. The molecule has 26 heavy (non-hydrogen) atoms. The number of nitrogens with zero attached hydrogens (tertiary/aromatic N) is 2.